The molecule has 0 amide bonds. The van der Waals surface area contributed by atoms with Crippen LogP contribution in [0.5, 0.6) is 11.5 Å². The highest BCUT2D eigenvalue weighted by Crippen LogP contribution is 2.47. The van der Waals surface area contributed by atoms with E-state index in [2.05, 4.69) is 0 Å². The summed E-state index contributed by atoms with van der Waals surface area (Å²) in [5.41, 5.74) is 3.11. The number of aliphatic imine (C=N–C) groups is 1. The van der Waals surface area contributed by atoms with Crippen LogP contribution in [0, 0.1) is 5.41 Å². The third-order valence-corrected chi connectivity index (χ3v) is 6.96. The Kier molecular flexibility index (Phi) is 6.82. The van der Waals surface area contributed by atoms with Gasteiger partial charge in [-0.1, -0.05) is 49.6 Å². The molecule has 1 spiro atoms. The van der Waals surface area contributed by atoms with E-state index in [0.29, 0.717) is 24.3 Å². The van der Waals surface area contributed by atoms with Gasteiger partial charge in [0.15, 0.2) is 6.04 Å². The van der Waals surface area contributed by atoms with Crippen LogP contribution in [0.3, 0.4) is 0 Å². The first kappa shape index (κ1) is 23.0. The lowest BCUT2D eigenvalue weighted by Gasteiger charge is -2.44. The number of carbonyl (C=O) groups is 2. The molecule has 2 aromatic carbocycles. The fourth-order valence-electron chi connectivity index (χ4n) is 5.14. The standard InChI is InChI=1S/C27H31NO5/c1-31-21-15-18(16-22(32-2)25(21)19-10-6-4-7-11-19)14-20(26(30)33-3)28-23-17-24(29)27(23)12-8-5-9-13-27/h4,6-7,10-11,15-16,20H,5,8-9,12-14,17H2,1-3H3/t20-/m0/s1. The van der Waals surface area contributed by atoms with Gasteiger partial charge in [0.1, 0.15) is 17.3 Å². The van der Waals surface area contributed by atoms with E-state index in [-0.39, 0.29) is 5.78 Å². The Morgan fingerprint density at radius 3 is 2.18 bits per heavy atom. The number of ketones is 1. The van der Waals surface area contributed by atoms with Crippen molar-refractivity contribution in [3.8, 4) is 22.6 Å². The molecule has 4 rings (SSSR count). The van der Waals surface area contributed by atoms with Gasteiger partial charge in [-0.25, -0.2) is 4.79 Å². The summed E-state index contributed by atoms with van der Waals surface area (Å²) in [5.74, 6) is 1.18. The molecule has 1 atom stereocenters. The summed E-state index contributed by atoms with van der Waals surface area (Å²) in [6, 6.07) is 13.0. The van der Waals surface area contributed by atoms with Gasteiger partial charge in [-0.15, -0.1) is 0 Å². The maximum absolute atomic E-state index is 12.7. The Morgan fingerprint density at radius 1 is 1.00 bits per heavy atom. The number of rotatable bonds is 7. The van der Waals surface area contributed by atoms with E-state index >= 15 is 0 Å². The Hall–Kier alpha value is -3.15. The first-order valence-corrected chi connectivity index (χ1v) is 11.5. The van der Waals surface area contributed by atoms with Crippen molar-refractivity contribution < 1.29 is 23.8 Å². The largest absolute Gasteiger partial charge is 0.496 e. The summed E-state index contributed by atoms with van der Waals surface area (Å²) < 4.78 is 16.5. The third kappa shape index (κ3) is 4.39. The van der Waals surface area contributed by atoms with E-state index in [1.807, 2.05) is 42.5 Å². The van der Waals surface area contributed by atoms with Crippen LogP contribution in [0.1, 0.15) is 44.1 Å². The van der Waals surface area contributed by atoms with Gasteiger partial charge in [0.05, 0.1) is 32.3 Å². The van der Waals surface area contributed by atoms with Crippen LogP contribution >= 0.6 is 0 Å². The van der Waals surface area contributed by atoms with Gasteiger partial charge in [0.2, 0.25) is 0 Å². The van der Waals surface area contributed by atoms with Crippen LogP contribution in [0.4, 0.5) is 0 Å². The maximum Gasteiger partial charge on any atom is 0.330 e. The lowest BCUT2D eigenvalue weighted by Crippen LogP contribution is -2.52. The topological polar surface area (TPSA) is 74.2 Å². The van der Waals surface area contributed by atoms with E-state index in [1.165, 1.54) is 7.11 Å². The molecule has 174 valence electrons. The summed E-state index contributed by atoms with van der Waals surface area (Å²) in [4.78, 5) is 30.0. The van der Waals surface area contributed by atoms with Gasteiger partial charge in [-0.05, 0) is 36.1 Å². The first-order valence-electron chi connectivity index (χ1n) is 11.5. The number of hydrogen-bond acceptors (Lipinski definition) is 6. The van der Waals surface area contributed by atoms with Crippen LogP contribution < -0.4 is 9.47 Å². The number of nitrogens with zero attached hydrogens (tertiary/aromatic N) is 1. The van der Waals surface area contributed by atoms with Crippen molar-refractivity contribution in [1.82, 2.24) is 0 Å². The SMILES string of the molecule is COC(=O)[C@H](Cc1cc(OC)c(-c2ccccc2)c(OC)c1)N=C1CC(=O)C12CCCCC2. The van der Waals surface area contributed by atoms with Crippen molar-refractivity contribution in [3.63, 3.8) is 0 Å². The molecule has 2 aliphatic carbocycles. The third-order valence-electron chi connectivity index (χ3n) is 6.96. The highest BCUT2D eigenvalue weighted by Gasteiger charge is 2.52. The lowest BCUT2D eigenvalue weighted by atomic mass is 9.58. The van der Waals surface area contributed by atoms with Crippen LogP contribution in [0.25, 0.3) is 11.1 Å². The van der Waals surface area contributed by atoms with Gasteiger partial charge in [0, 0.05) is 18.6 Å². The zero-order valence-corrected chi connectivity index (χ0v) is 19.6. The second-order valence-electron chi connectivity index (χ2n) is 8.80. The van der Waals surface area contributed by atoms with Gasteiger partial charge in [-0.3, -0.25) is 9.79 Å². The number of methoxy groups -OCH3 is 3. The number of esters is 1. The van der Waals surface area contributed by atoms with E-state index in [9.17, 15) is 9.59 Å². The number of Topliss-reactive ketones (excluding diaryl/α,β-unsaturated/α-hetero) is 1. The minimum absolute atomic E-state index is 0.264. The molecule has 2 saturated carbocycles. The lowest BCUT2D eigenvalue weighted by molar-refractivity contribution is -0.142. The Morgan fingerprint density at radius 2 is 1.64 bits per heavy atom. The van der Waals surface area contributed by atoms with Gasteiger partial charge >= 0.3 is 5.97 Å². The van der Waals surface area contributed by atoms with Crippen molar-refractivity contribution in [2.75, 3.05) is 21.3 Å². The molecule has 2 aliphatic rings. The average molecular weight is 450 g/mol. The summed E-state index contributed by atoms with van der Waals surface area (Å²) >= 11 is 0. The van der Waals surface area contributed by atoms with Gasteiger partial charge in [0.25, 0.3) is 0 Å². The summed E-state index contributed by atoms with van der Waals surface area (Å²) in [5, 5.41) is 0. The van der Waals surface area contributed by atoms with Crippen molar-refractivity contribution >= 4 is 17.5 Å². The molecule has 0 N–H and O–H groups in total. The summed E-state index contributed by atoms with van der Waals surface area (Å²) in [7, 11) is 4.61. The second kappa shape index (κ2) is 9.77. The predicted molar refractivity (Wildman–Crippen MR) is 127 cm³/mol. The van der Waals surface area contributed by atoms with Crippen molar-refractivity contribution in [1.29, 1.82) is 0 Å². The number of carbonyl (C=O) groups excluding carboxylic acids is 2. The molecule has 2 aromatic rings. The number of hydrogen-bond donors (Lipinski definition) is 0. The molecule has 0 radical (unpaired) electrons. The van der Waals surface area contributed by atoms with Crippen LogP contribution in [0.15, 0.2) is 47.5 Å². The number of benzene rings is 2. The monoisotopic (exact) mass is 449 g/mol. The molecule has 6 nitrogen and oxygen atoms in total. The summed E-state index contributed by atoms with van der Waals surface area (Å²) in [6.07, 6.45) is 5.56. The fourth-order valence-corrected chi connectivity index (χ4v) is 5.14. The van der Waals surface area contributed by atoms with Crippen LogP contribution in [-0.4, -0.2) is 44.8 Å². The smallest absolute Gasteiger partial charge is 0.330 e. The van der Waals surface area contributed by atoms with Crippen molar-refractivity contribution in [2.45, 2.75) is 51.0 Å². The highest BCUT2D eigenvalue weighted by molar-refractivity contribution is 6.27. The minimum Gasteiger partial charge on any atom is -0.496 e. The van der Waals surface area contributed by atoms with Crippen molar-refractivity contribution in [3.05, 3.63) is 48.0 Å². The molecular weight excluding hydrogens is 418 g/mol. The van der Waals surface area contributed by atoms with Crippen molar-refractivity contribution in [2.24, 2.45) is 10.4 Å². The molecule has 6 heteroatoms. The quantitative estimate of drug-likeness (QED) is 0.567. The van der Waals surface area contributed by atoms with E-state index in [4.69, 9.17) is 19.2 Å². The zero-order valence-electron chi connectivity index (χ0n) is 19.6. The Labute approximate surface area is 195 Å². The number of ether oxygens (including phenoxy) is 3. The van der Waals surface area contributed by atoms with E-state index < -0.39 is 17.4 Å². The molecular formula is C27H31NO5. The molecule has 0 unspecified atom stereocenters. The first-order chi connectivity index (χ1) is 16.0. The molecule has 33 heavy (non-hydrogen) atoms. The van der Waals surface area contributed by atoms with Gasteiger partial charge in [-0.2, -0.15) is 0 Å². The molecule has 0 aromatic heterocycles. The predicted octanol–water partition coefficient (Wildman–Crippen LogP) is 4.82. The normalized spacial score (nSPS) is 19.1. The molecule has 2 fully saturated rings. The Bertz CT molecular complexity index is 1030. The van der Waals surface area contributed by atoms with Crippen LogP contribution in [0.2, 0.25) is 0 Å². The average Bonchev–Trinajstić information content (AvgIpc) is 2.87. The van der Waals surface area contributed by atoms with E-state index in [1.54, 1.807) is 14.2 Å². The fraction of sp³-hybridized carbons (Fsp3) is 0.444. The highest BCUT2D eigenvalue weighted by atomic mass is 16.5. The molecule has 0 saturated heterocycles. The van der Waals surface area contributed by atoms with Gasteiger partial charge < -0.3 is 14.2 Å². The summed E-state index contributed by atoms with van der Waals surface area (Å²) in [6.45, 7) is 0. The van der Waals surface area contributed by atoms with Crippen LogP contribution in [-0.2, 0) is 20.7 Å². The second-order valence-corrected chi connectivity index (χ2v) is 8.80. The van der Waals surface area contributed by atoms with E-state index in [0.717, 1.165) is 54.5 Å². The zero-order chi connectivity index (χ0) is 23.4. The minimum atomic E-state index is -0.714. The maximum atomic E-state index is 12.7. The molecule has 0 heterocycles. The molecule has 0 aliphatic heterocycles. The Balaban J connectivity index is 1.68. The molecule has 0 bridgehead atoms.